The molecule has 5 nitrogen and oxygen atoms in total. The first-order valence-corrected chi connectivity index (χ1v) is 8.82. The molecule has 0 saturated heterocycles. The third kappa shape index (κ3) is 4.27. The van der Waals surface area contributed by atoms with Crippen LogP contribution in [-0.4, -0.2) is 20.7 Å². The summed E-state index contributed by atoms with van der Waals surface area (Å²) >= 11 is 5.16. The lowest BCUT2D eigenvalue weighted by Gasteiger charge is -2.09. The van der Waals surface area contributed by atoms with Gasteiger partial charge in [-0.3, -0.25) is 4.79 Å². The van der Waals surface area contributed by atoms with Gasteiger partial charge in [0.25, 0.3) is 0 Å². The Kier molecular flexibility index (Phi) is 5.19. The van der Waals surface area contributed by atoms with E-state index in [9.17, 15) is 4.79 Å². The van der Waals surface area contributed by atoms with E-state index in [0.717, 1.165) is 16.6 Å². The Labute approximate surface area is 146 Å². The Hall–Kier alpha value is -1.99. The molecule has 0 aliphatic carbocycles. The molecular weight excluding hydrogens is 376 g/mol. The van der Waals surface area contributed by atoms with Gasteiger partial charge in [0.15, 0.2) is 5.82 Å². The van der Waals surface area contributed by atoms with Crippen molar-refractivity contribution in [2.45, 2.75) is 19.3 Å². The molecule has 0 fully saturated rings. The molecule has 7 heteroatoms. The Morgan fingerprint density at radius 1 is 1.26 bits per heavy atom. The van der Waals surface area contributed by atoms with Gasteiger partial charge in [0.1, 0.15) is 0 Å². The molecular formula is C16H15BrN4OS. The van der Waals surface area contributed by atoms with Crippen molar-refractivity contribution in [2.75, 3.05) is 5.32 Å². The van der Waals surface area contributed by atoms with Crippen molar-refractivity contribution in [3.8, 4) is 5.82 Å². The maximum Gasteiger partial charge on any atom is 0.224 e. The molecule has 0 unspecified atom stereocenters. The first-order valence-electron chi connectivity index (χ1n) is 7.21. The number of aryl methyl sites for hydroxylation is 1. The molecule has 0 spiro atoms. The van der Waals surface area contributed by atoms with Gasteiger partial charge in [-0.25, -0.2) is 9.67 Å². The van der Waals surface area contributed by atoms with E-state index in [1.54, 1.807) is 40.7 Å². The number of anilines is 1. The molecule has 0 aromatic carbocycles. The maximum atomic E-state index is 12.2. The molecule has 0 atom stereocenters. The molecule has 0 bridgehead atoms. The quantitative estimate of drug-likeness (QED) is 0.690. The molecule has 0 saturated carbocycles. The van der Waals surface area contributed by atoms with E-state index in [0.29, 0.717) is 17.9 Å². The van der Waals surface area contributed by atoms with Gasteiger partial charge >= 0.3 is 0 Å². The van der Waals surface area contributed by atoms with Crippen LogP contribution in [0.2, 0.25) is 0 Å². The molecule has 23 heavy (non-hydrogen) atoms. The predicted octanol–water partition coefficient (Wildman–Crippen LogP) is 4.05. The summed E-state index contributed by atoms with van der Waals surface area (Å²) < 4.78 is 2.76. The fourth-order valence-corrected chi connectivity index (χ4v) is 3.72. The summed E-state index contributed by atoms with van der Waals surface area (Å²) in [5.74, 6) is 0.607. The van der Waals surface area contributed by atoms with Crippen molar-refractivity contribution in [3.63, 3.8) is 0 Å². The van der Waals surface area contributed by atoms with E-state index in [-0.39, 0.29) is 5.91 Å². The van der Waals surface area contributed by atoms with Crippen molar-refractivity contribution < 1.29 is 4.79 Å². The number of carbonyl (C=O) groups is 1. The van der Waals surface area contributed by atoms with E-state index in [1.807, 2.05) is 18.2 Å². The fraction of sp³-hybridized carbons (Fsp3) is 0.188. The maximum absolute atomic E-state index is 12.2. The highest BCUT2D eigenvalue weighted by molar-refractivity contribution is 9.11. The Bertz CT molecular complexity index is 785. The standard InChI is InChI=1S/C16H15BrN4OS/c17-14-8-7-12(23-14)4-1-6-15(22)20-13-5-2-9-18-16(13)21-11-3-10-19-21/h2-3,5,7-11H,1,4,6H2,(H,20,22). The fourth-order valence-electron chi connectivity index (χ4n) is 2.19. The van der Waals surface area contributed by atoms with Gasteiger partial charge in [0.2, 0.25) is 5.91 Å². The summed E-state index contributed by atoms with van der Waals surface area (Å²) in [6, 6.07) is 9.57. The highest BCUT2D eigenvalue weighted by Crippen LogP contribution is 2.23. The van der Waals surface area contributed by atoms with Crippen molar-refractivity contribution in [2.24, 2.45) is 0 Å². The van der Waals surface area contributed by atoms with Gasteiger partial charge in [-0.15, -0.1) is 11.3 Å². The van der Waals surface area contributed by atoms with Crippen LogP contribution in [0.15, 0.2) is 52.7 Å². The van der Waals surface area contributed by atoms with Crippen LogP contribution in [-0.2, 0) is 11.2 Å². The normalized spacial score (nSPS) is 10.7. The number of nitrogens with one attached hydrogen (secondary N) is 1. The number of halogens is 1. The average Bonchev–Trinajstić information content (AvgIpc) is 3.20. The lowest BCUT2D eigenvalue weighted by Crippen LogP contribution is -2.14. The largest absolute Gasteiger partial charge is 0.323 e. The van der Waals surface area contributed by atoms with Crippen LogP contribution in [0, 0.1) is 0 Å². The van der Waals surface area contributed by atoms with Gasteiger partial charge in [-0.1, -0.05) is 0 Å². The molecule has 0 aliphatic heterocycles. The first-order chi connectivity index (χ1) is 11.2. The van der Waals surface area contributed by atoms with Gasteiger partial charge in [0.05, 0.1) is 9.47 Å². The van der Waals surface area contributed by atoms with Gasteiger partial charge < -0.3 is 5.32 Å². The minimum absolute atomic E-state index is 0.0120. The molecule has 118 valence electrons. The SMILES string of the molecule is O=C(CCCc1ccc(Br)s1)Nc1cccnc1-n1cccn1. The second-order valence-corrected chi connectivity index (χ2v) is 7.48. The van der Waals surface area contributed by atoms with Crippen LogP contribution in [0.1, 0.15) is 17.7 Å². The summed E-state index contributed by atoms with van der Waals surface area (Å²) in [6.45, 7) is 0. The summed E-state index contributed by atoms with van der Waals surface area (Å²) in [7, 11) is 0. The zero-order valence-electron chi connectivity index (χ0n) is 12.3. The second kappa shape index (κ2) is 7.52. The number of hydrogen-bond acceptors (Lipinski definition) is 4. The summed E-state index contributed by atoms with van der Waals surface area (Å²) in [5, 5.41) is 7.08. The molecule has 3 heterocycles. The predicted molar refractivity (Wildman–Crippen MR) is 94.9 cm³/mol. The molecule has 0 aliphatic rings. The zero-order valence-corrected chi connectivity index (χ0v) is 14.7. The van der Waals surface area contributed by atoms with E-state index in [2.05, 4.69) is 37.4 Å². The molecule has 3 rings (SSSR count). The first kappa shape index (κ1) is 15.9. The van der Waals surface area contributed by atoms with Crippen LogP contribution in [0.25, 0.3) is 5.82 Å². The van der Waals surface area contributed by atoms with Crippen molar-refractivity contribution in [1.29, 1.82) is 0 Å². The number of pyridine rings is 1. The number of amides is 1. The van der Waals surface area contributed by atoms with Crippen LogP contribution >= 0.6 is 27.3 Å². The zero-order chi connectivity index (χ0) is 16.1. The topological polar surface area (TPSA) is 59.8 Å². The lowest BCUT2D eigenvalue weighted by atomic mass is 10.2. The minimum Gasteiger partial charge on any atom is -0.323 e. The molecule has 1 N–H and O–H groups in total. The summed E-state index contributed by atoms with van der Waals surface area (Å²) in [4.78, 5) is 17.7. The highest BCUT2D eigenvalue weighted by atomic mass is 79.9. The molecule has 0 radical (unpaired) electrons. The Balaban J connectivity index is 1.58. The van der Waals surface area contributed by atoms with E-state index >= 15 is 0 Å². The van der Waals surface area contributed by atoms with E-state index in [1.165, 1.54) is 4.88 Å². The van der Waals surface area contributed by atoms with E-state index < -0.39 is 0 Å². The van der Waals surface area contributed by atoms with E-state index in [4.69, 9.17) is 0 Å². The van der Waals surface area contributed by atoms with Gasteiger partial charge in [-0.2, -0.15) is 5.10 Å². The third-order valence-corrected chi connectivity index (χ3v) is 4.92. The minimum atomic E-state index is -0.0120. The van der Waals surface area contributed by atoms with Gasteiger partial charge in [-0.05, 0) is 59.1 Å². The number of rotatable bonds is 6. The summed E-state index contributed by atoms with van der Waals surface area (Å²) in [6.07, 6.45) is 7.36. The Morgan fingerprint density at radius 3 is 2.91 bits per heavy atom. The molecule has 1 amide bonds. The van der Waals surface area contributed by atoms with Crippen LogP contribution in [0.3, 0.4) is 0 Å². The third-order valence-electron chi connectivity index (χ3n) is 3.24. The van der Waals surface area contributed by atoms with Gasteiger partial charge in [0, 0.05) is 29.9 Å². The number of hydrogen-bond donors (Lipinski definition) is 1. The van der Waals surface area contributed by atoms with Crippen molar-refractivity contribution in [1.82, 2.24) is 14.8 Å². The number of aromatic nitrogens is 3. The van der Waals surface area contributed by atoms with Crippen LogP contribution < -0.4 is 5.32 Å². The second-order valence-electron chi connectivity index (χ2n) is 4.93. The highest BCUT2D eigenvalue weighted by Gasteiger charge is 2.09. The van der Waals surface area contributed by atoms with Crippen LogP contribution in [0.4, 0.5) is 5.69 Å². The molecule has 3 aromatic rings. The molecule has 3 aromatic heterocycles. The number of thiophene rings is 1. The Morgan fingerprint density at radius 2 is 2.17 bits per heavy atom. The van der Waals surface area contributed by atoms with Crippen molar-refractivity contribution >= 4 is 38.9 Å². The average molecular weight is 391 g/mol. The summed E-state index contributed by atoms with van der Waals surface area (Å²) in [5.41, 5.74) is 0.667. The number of carbonyl (C=O) groups excluding carboxylic acids is 1. The van der Waals surface area contributed by atoms with Crippen LogP contribution in [0.5, 0.6) is 0 Å². The monoisotopic (exact) mass is 390 g/mol. The smallest absolute Gasteiger partial charge is 0.224 e. The number of nitrogens with zero attached hydrogens (tertiary/aromatic N) is 3. The lowest BCUT2D eigenvalue weighted by molar-refractivity contribution is -0.116. The van der Waals surface area contributed by atoms with Crippen molar-refractivity contribution in [3.05, 3.63) is 57.6 Å².